The van der Waals surface area contributed by atoms with E-state index in [0.717, 1.165) is 11.3 Å². The Morgan fingerprint density at radius 2 is 1.56 bits per heavy atom. The number of para-hydroxylation sites is 1. The molecule has 3 N–H and O–H groups in total. The fourth-order valence-corrected chi connectivity index (χ4v) is 5.85. The molecule has 0 bridgehead atoms. The number of nitrogens with zero attached hydrogens (tertiary/aromatic N) is 1. The summed E-state index contributed by atoms with van der Waals surface area (Å²) in [5.41, 5.74) is 3.12. The van der Waals surface area contributed by atoms with Crippen LogP contribution in [0.3, 0.4) is 0 Å². The van der Waals surface area contributed by atoms with E-state index in [9.17, 15) is 28.0 Å². The van der Waals surface area contributed by atoms with E-state index in [1.165, 1.54) is 24.3 Å². The summed E-state index contributed by atoms with van der Waals surface area (Å²) in [6, 6.07) is 26.7. The van der Waals surface area contributed by atoms with Crippen molar-refractivity contribution in [2.75, 3.05) is 4.90 Å². The number of rotatable bonds is 8. The molecule has 4 aromatic rings. The highest BCUT2D eigenvalue weighted by Gasteiger charge is 2.48. The summed E-state index contributed by atoms with van der Waals surface area (Å²) in [4.78, 5) is 14.8. The van der Waals surface area contributed by atoms with E-state index >= 15 is 0 Å². The molecule has 39 heavy (non-hydrogen) atoms. The third-order valence-electron chi connectivity index (χ3n) is 7.09. The molecule has 1 aliphatic rings. The Balaban J connectivity index is 1.43. The number of phenols is 1. The van der Waals surface area contributed by atoms with E-state index in [1.807, 2.05) is 36.4 Å². The largest absolute Gasteiger partial charge is 0.507 e. The standard InChI is InChI=1S/C30H26ClNO6S/c31-26-9-5-4-8-24(26)27(33)17-16-25-29(32(30(25)35)21-6-2-1-3-7-21)20-12-15-23(28(34)18-20)19-10-13-22(14-11-19)39(36,37)38/h1-15,18,25,27,29,33-34H,16-17H2,(H,36,37,38)/t25-,27+,29-/m1/s1. The molecule has 0 aliphatic carbocycles. The van der Waals surface area contributed by atoms with E-state index in [0.29, 0.717) is 34.6 Å². The maximum Gasteiger partial charge on any atom is 0.294 e. The number of carbonyl (C=O) groups is 1. The van der Waals surface area contributed by atoms with Gasteiger partial charge in [-0.3, -0.25) is 9.35 Å². The first-order chi connectivity index (χ1) is 18.6. The Morgan fingerprint density at radius 3 is 2.21 bits per heavy atom. The van der Waals surface area contributed by atoms with Crippen molar-refractivity contribution in [1.82, 2.24) is 0 Å². The third kappa shape index (κ3) is 5.42. The number of carbonyl (C=O) groups excluding carboxylic acids is 1. The van der Waals surface area contributed by atoms with E-state index in [1.54, 1.807) is 41.3 Å². The van der Waals surface area contributed by atoms with Crippen LogP contribution in [0.2, 0.25) is 5.02 Å². The lowest BCUT2D eigenvalue weighted by Gasteiger charge is -2.48. The smallest absolute Gasteiger partial charge is 0.294 e. The molecule has 0 radical (unpaired) electrons. The number of phenolic OH excluding ortho intramolecular Hbond substituents is 1. The van der Waals surface area contributed by atoms with Gasteiger partial charge in [-0.15, -0.1) is 0 Å². The summed E-state index contributed by atoms with van der Waals surface area (Å²) in [5.74, 6) is -0.516. The average molecular weight is 564 g/mol. The lowest BCUT2D eigenvalue weighted by molar-refractivity contribution is -0.131. The van der Waals surface area contributed by atoms with Gasteiger partial charge in [-0.2, -0.15) is 8.42 Å². The minimum Gasteiger partial charge on any atom is -0.507 e. The van der Waals surface area contributed by atoms with Gasteiger partial charge < -0.3 is 15.1 Å². The van der Waals surface area contributed by atoms with E-state index in [4.69, 9.17) is 11.6 Å². The maximum atomic E-state index is 13.3. The van der Waals surface area contributed by atoms with Crippen LogP contribution in [-0.4, -0.2) is 29.1 Å². The zero-order valence-corrected chi connectivity index (χ0v) is 22.3. The van der Waals surface area contributed by atoms with Crippen molar-refractivity contribution in [1.29, 1.82) is 0 Å². The van der Waals surface area contributed by atoms with Gasteiger partial charge >= 0.3 is 0 Å². The van der Waals surface area contributed by atoms with Crippen LogP contribution in [0.5, 0.6) is 5.75 Å². The Labute approximate surface area is 231 Å². The lowest BCUT2D eigenvalue weighted by atomic mass is 9.78. The van der Waals surface area contributed by atoms with E-state index in [2.05, 4.69) is 0 Å². The molecule has 1 saturated heterocycles. The quantitative estimate of drug-likeness (QED) is 0.174. The zero-order valence-electron chi connectivity index (χ0n) is 20.7. The first kappa shape index (κ1) is 26.9. The maximum absolute atomic E-state index is 13.3. The van der Waals surface area contributed by atoms with Crippen LogP contribution in [0, 0.1) is 5.92 Å². The van der Waals surface area contributed by atoms with E-state index < -0.39 is 22.1 Å². The molecule has 3 atom stereocenters. The first-order valence-corrected chi connectivity index (χ1v) is 14.2. The molecule has 5 rings (SSSR count). The molecule has 1 aliphatic heterocycles. The molecule has 0 unspecified atom stereocenters. The van der Waals surface area contributed by atoms with Gasteiger partial charge in [-0.25, -0.2) is 0 Å². The Kier molecular flexibility index (Phi) is 7.46. The number of β-lactam (4-membered cyclic amide) rings is 1. The van der Waals surface area contributed by atoms with Gasteiger partial charge in [0.15, 0.2) is 0 Å². The highest BCUT2D eigenvalue weighted by Crippen LogP contribution is 2.47. The molecule has 4 aromatic carbocycles. The summed E-state index contributed by atoms with van der Waals surface area (Å²) in [6.45, 7) is 0. The van der Waals surface area contributed by atoms with Crippen molar-refractivity contribution in [3.8, 4) is 16.9 Å². The summed E-state index contributed by atoms with van der Waals surface area (Å²) < 4.78 is 31.9. The summed E-state index contributed by atoms with van der Waals surface area (Å²) >= 11 is 6.25. The second-order valence-corrected chi connectivity index (χ2v) is 11.3. The van der Waals surface area contributed by atoms with Crippen LogP contribution < -0.4 is 4.90 Å². The van der Waals surface area contributed by atoms with Crippen molar-refractivity contribution in [3.05, 3.63) is 113 Å². The topological polar surface area (TPSA) is 115 Å². The first-order valence-electron chi connectivity index (χ1n) is 12.4. The SMILES string of the molecule is O=C1[C@H](CC[C@H](O)c2ccccc2Cl)[C@@H](c2ccc(-c3ccc(S(=O)(=O)O)cc3)c(O)c2)N1c1ccccc1. The minimum absolute atomic E-state index is 0.0330. The number of hydrogen-bond acceptors (Lipinski definition) is 5. The van der Waals surface area contributed by atoms with Gasteiger partial charge in [-0.1, -0.05) is 72.3 Å². The molecular weight excluding hydrogens is 538 g/mol. The Morgan fingerprint density at radius 1 is 0.897 bits per heavy atom. The summed E-state index contributed by atoms with van der Waals surface area (Å²) in [7, 11) is -4.33. The van der Waals surface area contributed by atoms with Crippen LogP contribution in [-0.2, 0) is 14.9 Å². The number of benzene rings is 4. The van der Waals surface area contributed by atoms with Gasteiger partial charge in [-0.05, 0) is 65.9 Å². The normalized spacial score (nSPS) is 18.0. The van der Waals surface area contributed by atoms with Crippen LogP contribution in [0.1, 0.15) is 36.1 Å². The van der Waals surface area contributed by atoms with Crippen LogP contribution in [0.25, 0.3) is 11.1 Å². The fourth-order valence-electron chi connectivity index (χ4n) is 5.11. The molecule has 7 nitrogen and oxygen atoms in total. The highest BCUT2D eigenvalue weighted by atomic mass is 35.5. The number of hydrogen-bond donors (Lipinski definition) is 3. The van der Waals surface area contributed by atoms with Gasteiger partial charge in [0.2, 0.25) is 5.91 Å². The number of aromatic hydroxyl groups is 1. The monoisotopic (exact) mass is 563 g/mol. The zero-order chi connectivity index (χ0) is 27.7. The van der Waals surface area contributed by atoms with Crippen molar-refractivity contribution in [3.63, 3.8) is 0 Å². The fraction of sp³-hybridized carbons (Fsp3) is 0.167. The number of aliphatic hydroxyl groups excluding tert-OH is 1. The molecule has 1 heterocycles. The molecule has 0 saturated carbocycles. The van der Waals surface area contributed by atoms with Crippen molar-refractivity contribution in [2.45, 2.75) is 29.9 Å². The van der Waals surface area contributed by atoms with Gasteiger partial charge in [0.1, 0.15) is 5.75 Å². The average Bonchev–Trinajstić information content (AvgIpc) is 2.92. The Hall–Kier alpha value is -3.69. The predicted molar refractivity (Wildman–Crippen MR) is 149 cm³/mol. The molecule has 9 heteroatoms. The number of amides is 1. The lowest BCUT2D eigenvalue weighted by Crippen LogP contribution is -2.55. The third-order valence-corrected chi connectivity index (χ3v) is 8.30. The van der Waals surface area contributed by atoms with Crippen LogP contribution in [0.4, 0.5) is 5.69 Å². The minimum atomic E-state index is -4.33. The highest BCUT2D eigenvalue weighted by molar-refractivity contribution is 7.85. The van der Waals surface area contributed by atoms with Crippen molar-refractivity contribution >= 4 is 33.3 Å². The summed E-state index contributed by atoms with van der Waals surface area (Å²) in [6.07, 6.45) is -0.0677. The van der Waals surface area contributed by atoms with Crippen LogP contribution in [0.15, 0.2) is 102 Å². The van der Waals surface area contributed by atoms with Crippen LogP contribution >= 0.6 is 11.6 Å². The van der Waals surface area contributed by atoms with Crippen molar-refractivity contribution in [2.24, 2.45) is 5.92 Å². The molecular formula is C30H26ClNO6S. The number of aliphatic hydroxyl groups is 1. The molecule has 200 valence electrons. The molecule has 1 amide bonds. The van der Waals surface area contributed by atoms with Crippen molar-refractivity contribution < 1.29 is 28.0 Å². The molecule has 1 fully saturated rings. The van der Waals surface area contributed by atoms with Gasteiger partial charge in [0.05, 0.1) is 23.0 Å². The van der Waals surface area contributed by atoms with Gasteiger partial charge in [0.25, 0.3) is 10.1 Å². The second kappa shape index (κ2) is 10.8. The van der Waals surface area contributed by atoms with E-state index in [-0.39, 0.29) is 22.6 Å². The van der Waals surface area contributed by atoms with Gasteiger partial charge in [0, 0.05) is 16.3 Å². The second-order valence-electron chi connectivity index (χ2n) is 9.49. The molecule has 0 aromatic heterocycles. The Bertz CT molecular complexity index is 1610. The molecule has 0 spiro atoms. The number of anilines is 1. The predicted octanol–water partition coefficient (Wildman–Crippen LogP) is 6.18. The summed E-state index contributed by atoms with van der Waals surface area (Å²) in [5, 5.41) is 22.2. The number of halogens is 1.